The van der Waals surface area contributed by atoms with Crippen molar-refractivity contribution >= 4 is 11.7 Å². The maximum atomic E-state index is 11.8. The van der Waals surface area contributed by atoms with Crippen LogP contribution in [-0.4, -0.2) is 26.2 Å². The number of anilines is 1. The highest BCUT2D eigenvalue weighted by molar-refractivity contribution is 5.80. The number of nitrogens with zero attached hydrogens (tertiary/aromatic N) is 2. The Kier molecular flexibility index (Phi) is 3.52. The smallest absolute Gasteiger partial charge is 0.328 e. The summed E-state index contributed by atoms with van der Waals surface area (Å²) in [6.45, 7) is 0. The van der Waals surface area contributed by atoms with Crippen LogP contribution in [0.1, 0.15) is 18.4 Å². The zero-order valence-electron chi connectivity index (χ0n) is 10.6. The van der Waals surface area contributed by atoms with E-state index in [9.17, 15) is 4.79 Å². The third-order valence-corrected chi connectivity index (χ3v) is 3.31. The summed E-state index contributed by atoms with van der Waals surface area (Å²) in [5.74, 6) is 0.163. The van der Waals surface area contributed by atoms with E-state index in [4.69, 9.17) is 10.00 Å². The van der Waals surface area contributed by atoms with E-state index in [2.05, 4.69) is 6.07 Å². The second-order valence-electron chi connectivity index (χ2n) is 4.58. The van der Waals surface area contributed by atoms with Crippen molar-refractivity contribution in [1.82, 2.24) is 0 Å². The summed E-state index contributed by atoms with van der Waals surface area (Å²) in [7, 11) is 3.29. The van der Waals surface area contributed by atoms with Gasteiger partial charge in [-0.2, -0.15) is 5.26 Å². The molecule has 0 amide bonds. The van der Waals surface area contributed by atoms with Gasteiger partial charge in [-0.1, -0.05) is 6.07 Å². The van der Waals surface area contributed by atoms with Gasteiger partial charge in [-0.3, -0.25) is 0 Å². The van der Waals surface area contributed by atoms with Gasteiger partial charge in [-0.25, -0.2) is 4.79 Å². The number of carbonyl (C=O) groups excluding carboxylic acids is 1. The molecule has 18 heavy (non-hydrogen) atoms. The first-order valence-electron chi connectivity index (χ1n) is 5.98. The third-order valence-electron chi connectivity index (χ3n) is 3.31. The van der Waals surface area contributed by atoms with Crippen LogP contribution in [0, 0.1) is 17.2 Å². The molecule has 0 aliphatic heterocycles. The standard InChI is InChI=1S/C14H16N2O2/c1-16(12-5-3-4-10(8-12)9-15)13(11-6-7-11)14(17)18-2/h3-5,8,11,13H,6-7H2,1-2H3. The number of ether oxygens (including phenoxy) is 1. The van der Waals surface area contributed by atoms with Crippen LogP contribution < -0.4 is 4.90 Å². The van der Waals surface area contributed by atoms with Crippen LogP contribution in [0.2, 0.25) is 0 Å². The second kappa shape index (κ2) is 5.09. The molecule has 2 rings (SSSR count). The average molecular weight is 244 g/mol. The van der Waals surface area contributed by atoms with Crippen molar-refractivity contribution in [2.24, 2.45) is 5.92 Å². The minimum atomic E-state index is -0.246. The summed E-state index contributed by atoms with van der Waals surface area (Å²) in [6, 6.07) is 9.13. The molecule has 1 unspecified atom stereocenters. The van der Waals surface area contributed by atoms with Gasteiger partial charge >= 0.3 is 5.97 Å². The summed E-state index contributed by atoms with van der Waals surface area (Å²) in [5, 5.41) is 8.90. The van der Waals surface area contributed by atoms with E-state index >= 15 is 0 Å². The molecule has 1 atom stereocenters. The Bertz CT molecular complexity index is 489. The Balaban J connectivity index is 2.24. The summed E-state index contributed by atoms with van der Waals surface area (Å²) < 4.78 is 4.87. The molecule has 0 heterocycles. The van der Waals surface area contributed by atoms with E-state index in [0.717, 1.165) is 18.5 Å². The molecule has 0 spiro atoms. The van der Waals surface area contributed by atoms with Crippen molar-refractivity contribution < 1.29 is 9.53 Å². The number of likely N-dealkylation sites (N-methyl/N-ethyl adjacent to an activating group) is 1. The number of carbonyl (C=O) groups is 1. The maximum absolute atomic E-state index is 11.8. The van der Waals surface area contributed by atoms with E-state index in [-0.39, 0.29) is 12.0 Å². The van der Waals surface area contributed by atoms with Crippen molar-refractivity contribution in [3.8, 4) is 6.07 Å². The lowest BCUT2D eigenvalue weighted by molar-refractivity contribution is -0.142. The van der Waals surface area contributed by atoms with Gasteiger partial charge in [0, 0.05) is 12.7 Å². The first-order chi connectivity index (χ1) is 8.67. The van der Waals surface area contributed by atoms with Crippen molar-refractivity contribution in [1.29, 1.82) is 5.26 Å². The molecule has 4 heteroatoms. The van der Waals surface area contributed by atoms with Gasteiger partial charge in [-0.15, -0.1) is 0 Å². The molecule has 94 valence electrons. The van der Waals surface area contributed by atoms with Gasteiger partial charge in [0.15, 0.2) is 0 Å². The average Bonchev–Trinajstić information content (AvgIpc) is 3.23. The molecule has 0 bridgehead atoms. The Hall–Kier alpha value is -2.02. The van der Waals surface area contributed by atoms with E-state index < -0.39 is 0 Å². The van der Waals surface area contributed by atoms with Crippen molar-refractivity contribution in [2.75, 3.05) is 19.1 Å². The summed E-state index contributed by atoms with van der Waals surface area (Å²) in [4.78, 5) is 13.7. The Morgan fingerprint density at radius 2 is 2.28 bits per heavy atom. The van der Waals surface area contributed by atoms with Gasteiger partial charge in [0.1, 0.15) is 6.04 Å². The molecule has 0 radical (unpaired) electrons. The molecule has 0 aromatic heterocycles. The van der Waals surface area contributed by atoms with Crippen LogP contribution in [0.4, 0.5) is 5.69 Å². The second-order valence-corrected chi connectivity index (χ2v) is 4.58. The first kappa shape index (κ1) is 12.4. The first-order valence-corrected chi connectivity index (χ1v) is 5.98. The zero-order chi connectivity index (χ0) is 13.1. The maximum Gasteiger partial charge on any atom is 0.328 e. The number of methoxy groups -OCH3 is 1. The normalized spacial score (nSPS) is 15.6. The van der Waals surface area contributed by atoms with Gasteiger partial charge < -0.3 is 9.64 Å². The van der Waals surface area contributed by atoms with Crippen LogP contribution in [0.5, 0.6) is 0 Å². The van der Waals surface area contributed by atoms with Gasteiger partial charge in [0.05, 0.1) is 18.7 Å². The van der Waals surface area contributed by atoms with Crippen LogP contribution in [-0.2, 0) is 9.53 Å². The fourth-order valence-electron chi connectivity index (χ4n) is 2.15. The lowest BCUT2D eigenvalue weighted by Gasteiger charge is -2.28. The highest BCUT2D eigenvalue weighted by Gasteiger charge is 2.39. The van der Waals surface area contributed by atoms with Gasteiger partial charge in [-0.05, 0) is 37.0 Å². The minimum absolute atomic E-state index is 0.206. The number of nitriles is 1. The van der Waals surface area contributed by atoms with E-state index in [0.29, 0.717) is 11.5 Å². The van der Waals surface area contributed by atoms with Gasteiger partial charge in [0.2, 0.25) is 0 Å². The van der Waals surface area contributed by atoms with Crippen LogP contribution in [0.15, 0.2) is 24.3 Å². The molecular weight excluding hydrogens is 228 g/mol. The molecule has 1 fully saturated rings. The number of hydrogen-bond donors (Lipinski definition) is 0. The lowest BCUT2D eigenvalue weighted by Crippen LogP contribution is -2.41. The van der Waals surface area contributed by atoms with Crippen molar-refractivity contribution in [3.63, 3.8) is 0 Å². The predicted octanol–water partition coefficient (Wildman–Crippen LogP) is 1.95. The number of rotatable bonds is 4. The van der Waals surface area contributed by atoms with Crippen LogP contribution in [0.3, 0.4) is 0 Å². The molecular formula is C14H16N2O2. The zero-order valence-corrected chi connectivity index (χ0v) is 10.6. The fraction of sp³-hybridized carbons (Fsp3) is 0.429. The molecule has 1 aliphatic rings. The van der Waals surface area contributed by atoms with Crippen molar-refractivity contribution in [2.45, 2.75) is 18.9 Å². The molecule has 1 saturated carbocycles. The molecule has 4 nitrogen and oxygen atoms in total. The van der Waals surface area contributed by atoms with Crippen molar-refractivity contribution in [3.05, 3.63) is 29.8 Å². The monoisotopic (exact) mass is 244 g/mol. The molecule has 1 aromatic rings. The van der Waals surface area contributed by atoms with Crippen LogP contribution >= 0.6 is 0 Å². The van der Waals surface area contributed by atoms with E-state index in [1.807, 2.05) is 24.1 Å². The lowest BCUT2D eigenvalue weighted by atomic mass is 10.1. The van der Waals surface area contributed by atoms with Crippen LogP contribution in [0.25, 0.3) is 0 Å². The van der Waals surface area contributed by atoms with E-state index in [1.54, 1.807) is 12.1 Å². The molecule has 0 N–H and O–H groups in total. The molecule has 1 aromatic carbocycles. The highest BCUT2D eigenvalue weighted by atomic mass is 16.5. The molecule has 1 aliphatic carbocycles. The highest BCUT2D eigenvalue weighted by Crippen LogP contribution is 2.37. The fourth-order valence-corrected chi connectivity index (χ4v) is 2.15. The minimum Gasteiger partial charge on any atom is -0.467 e. The molecule has 0 saturated heterocycles. The quantitative estimate of drug-likeness (QED) is 0.760. The Labute approximate surface area is 107 Å². The Morgan fingerprint density at radius 1 is 1.56 bits per heavy atom. The van der Waals surface area contributed by atoms with E-state index in [1.165, 1.54) is 7.11 Å². The number of benzene rings is 1. The third kappa shape index (κ3) is 2.45. The topological polar surface area (TPSA) is 53.3 Å². The summed E-state index contributed by atoms with van der Waals surface area (Å²) >= 11 is 0. The number of hydrogen-bond acceptors (Lipinski definition) is 4. The number of esters is 1. The Morgan fingerprint density at radius 3 is 2.83 bits per heavy atom. The van der Waals surface area contributed by atoms with Gasteiger partial charge in [0.25, 0.3) is 0 Å². The predicted molar refractivity (Wildman–Crippen MR) is 68.1 cm³/mol. The summed E-state index contributed by atoms with van der Waals surface area (Å²) in [5.41, 5.74) is 1.47. The largest absolute Gasteiger partial charge is 0.467 e. The summed E-state index contributed by atoms with van der Waals surface area (Å²) in [6.07, 6.45) is 2.12. The SMILES string of the molecule is COC(=O)C(C1CC1)N(C)c1cccc(C#N)c1.